The third-order valence-electron chi connectivity index (χ3n) is 3.14. The average Bonchev–Trinajstić information content (AvgIpc) is 2.67. The van der Waals surface area contributed by atoms with E-state index in [-0.39, 0.29) is 12.4 Å². The molecule has 0 spiro atoms. The molecule has 4 N–H and O–H groups in total. The molecule has 0 amide bonds. The Balaban J connectivity index is 2.03. The number of nitrogens with one attached hydrogen (secondary N) is 1. The largest absolute Gasteiger partial charge is 0.394 e. The van der Waals surface area contributed by atoms with Gasteiger partial charge in [0.15, 0.2) is 12.0 Å². The van der Waals surface area contributed by atoms with Gasteiger partial charge in [0.25, 0.3) is 0 Å². The van der Waals surface area contributed by atoms with Gasteiger partial charge >= 0.3 is 0 Å². The molecule has 1 saturated heterocycles. The lowest BCUT2D eigenvalue weighted by Crippen LogP contribution is -2.36. The van der Waals surface area contributed by atoms with Crippen molar-refractivity contribution in [3.8, 4) is 0 Å². The van der Waals surface area contributed by atoms with Gasteiger partial charge < -0.3 is 25.4 Å². The second-order valence-corrected chi connectivity index (χ2v) is 4.54. The second kappa shape index (κ2) is 5.66. The molecule has 6 heteroatoms. The van der Waals surface area contributed by atoms with Crippen LogP contribution < -0.4 is 5.32 Å². The number of anilines is 1. The van der Waals surface area contributed by atoms with Crippen molar-refractivity contribution >= 4 is 11.5 Å². The lowest BCUT2D eigenvalue weighted by molar-refractivity contribution is -0.0153. The third kappa shape index (κ3) is 2.93. The fraction of sp³-hybridized carbons (Fsp3) is 0.462. The molecular weight excluding hydrogens is 250 g/mol. The Morgan fingerprint density at radius 1 is 1.26 bits per heavy atom. The number of ketones is 1. The summed E-state index contributed by atoms with van der Waals surface area (Å²) in [6.45, 7) is 1.12. The molecule has 0 aromatic heterocycles. The lowest BCUT2D eigenvalue weighted by Gasteiger charge is -2.17. The van der Waals surface area contributed by atoms with E-state index < -0.39 is 24.5 Å². The molecule has 1 aliphatic rings. The molecule has 1 aromatic carbocycles. The van der Waals surface area contributed by atoms with Crippen LogP contribution in [0.1, 0.15) is 17.3 Å². The summed E-state index contributed by atoms with van der Waals surface area (Å²) in [4.78, 5) is 11.1. The second-order valence-electron chi connectivity index (χ2n) is 4.54. The Morgan fingerprint density at radius 2 is 1.89 bits per heavy atom. The van der Waals surface area contributed by atoms with E-state index in [1.807, 2.05) is 0 Å². The first-order valence-electron chi connectivity index (χ1n) is 6.03. The van der Waals surface area contributed by atoms with Crippen molar-refractivity contribution in [1.29, 1.82) is 0 Å². The van der Waals surface area contributed by atoms with Crippen molar-refractivity contribution in [2.75, 3.05) is 11.9 Å². The van der Waals surface area contributed by atoms with Gasteiger partial charge in [-0.1, -0.05) is 0 Å². The zero-order chi connectivity index (χ0) is 14.0. The molecule has 0 radical (unpaired) electrons. The Hall–Kier alpha value is -1.47. The van der Waals surface area contributed by atoms with Crippen molar-refractivity contribution in [3.63, 3.8) is 0 Å². The van der Waals surface area contributed by atoms with E-state index >= 15 is 0 Å². The van der Waals surface area contributed by atoms with Crippen molar-refractivity contribution < 1.29 is 24.9 Å². The Bertz CT molecular complexity index is 447. The summed E-state index contributed by atoms with van der Waals surface area (Å²) in [6, 6.07) is 6.69. The number of benzene rings is 1. The highest BCUT2D eigenvalue weighted by molar-refractivity contribution is 5.94. The van der Waals surface area contributed by atoms with Crippen molar-refractivity contribution in [2.24, 2.45) is 0 Å². The molecule has 1 heterocycles. The van der Waals surface area contributed by atoms with Gasteiger partial charge in [0.05, 0.1) is 6.61 Å². The number of rotatable bonds is 4. The Labute approximate surface area is 110 Å². The fourth-order valence-corrected chi connectivity index (χ4v) is 1.98. The minimum Gasteiger partial charge on any atom is -0.394 e. The summed E-state index contributed by atoms with van der Waals surface area (Å²) < 4.78 is 5.29. The lowest BCUT2D eigenvalue weighted by atomic mass is 10.1. The van der Waals surface area contributed by atoms with E-state index in [9.17, 15) is 15.0 Å². The number of aliphatic hydroxyl groups is 3. The van der Waals surface area contributed by atoms with Crippen LogP contribution in [0.4, 0.5) is 5.69 Å². The number of hydrogen-bond acceptors (Lipinski definition) is 6. The zero-order valence-corrected chi connectivity index (χ0v) is 10.5. The maximum Gasteiger partial charge on any atom is 0.159 e. The normalized spacial score (nSPS) is 30.3. The van der Waals surface area contributed by atoms with Crippen LogP contribution in [0.3, 0.4) is 0 Å². The fourth-order valence-electron chi connectivity index (χ4n) is 1.98. The summed E-state index contributed by atoms with van der Waals surface area (Å²) in [7, 11) is 0. The van der Waals surface area contributed by atoms with E-state index in [1.54, 1.807) is 24.3 Å². The first kappa shape index (κ1) is 14.0. The first-order valence-corrected chi connectivity index (χ1v) is 6.03. The number of Topliss-reactive ketones (excluding diaryl/α,β-unsaturated/α-hetero) is 1. The third-order valence-corrected chi connectivity index (χ3v) is 3.14. The van der Waals surface area contributed by atoms with Crippen LogP contribution in [0.5, 0.6) is 0 Å². The van der Waals surface area contributed by atoms with Crippen molar-refractivity contribution in [1.82, 2.24) is 0 Å². The van der Waals surface area contributed by atoms with E-state index in [0.29, 0.717) is 11.3 Å². The number of hydrogen-bond donors (Lipinski definition) is 4. The maximum absolute atomic E-state index is 11.1. The summed E-state index contributed by atoms with van der Waals surface area (Å²) in [6.07, 6.45) is -3.84. The van der Waals surface area contributed by atoms with E-state index in [1.165, 1.54) is 6.92 Å². The predicted molar refractivity (Wildman–Crippen MR) is 67.8 cm³/mol. The van der Waals surface area contributed by atoms with Crippen LogP contribution in [-0.2, 0) is 4.74 Å². The highest BCUT2D eigenvalue weighted by Crippen LogP contribution is 2.23. The molecule has 0 saturated carbocycles. The van der Waals surface area contributed by atoms with E-state index in [2.05, 4.69) is 5.32 Å². The quantitative estimate of drug-likeness (QED) is 0.561. The number of aliphatic hydroxyl groups excluding tert-OH is 3. The minimum absolute atomic E-state index is 0.0283. The minimum atomic E-state index is -1.13. The number of ether oxygens (including phenoxy) is 1. The predicted octanol–water partition coefficient (Wildman–Crippen LogP) is -0.260. The van der Waals surface area contributed by atoms with E-state index in [0.717, 1.165) is 0 Å². The maximum atomic E-state index is 11.1. The highest BCUT2D eigenvalue weighted by atomic mass is 16.6. The highest BCUT2D eigenvalue weighted by Gasteiger charge is 2.42. The Morgan fingerprint density at radius 3 is 2.37 bits per heavy atom. The van der Waals surface area contributed by atoms with Crippen LogP contribution in [0.2, 0.25) is 0 Å². The number of carbonyl (C=O) groups is 1. The van der Waals surface area contributed by atoms with Gasteiger partial charge in [0.2, 0.25) is 0 Å². The molecule has 104 valence electrons. The van der Waals surface area contributed by atoms with Gasteiger partial charge in [-0.3, -0.25) is 4.79 Å². The SMILES string of the molecule is CC(=O)c1ccc(N[C@@H]2O[C@H](CO)[C@@H](O)[C@@H]2O)cc1. The summed E-state index contributed by atoms with van der Waals surface area (Å²) in [5, 5.41) is 31.2. The number of carbonyl (C=O) groups excluding carboxylic acids is 1. The molecule has 2 rings (SSSR count). The molecule has 0 unspecified atom stereocenters. The molecule has 19 heavy (non-hydrogen) atoms. The molecule has 4 atom stereocenters. The van der Waals surface area contributed by atoms with Gasteiger partial charge in [-0.15, -0.1) is 0 Å². The smallest absolute Gasteiger partial charge is 0.159 e. The van der Waals surface area contributed by atoms with Gasteiger partial charge in [-0.2, -0.15) is 0 Å². The standard InChI is InChI=1S/C13H17NO5/c1-7(16)8-2-4-9(5-3-8)14-13-12(18)11(17)10(6-15)19-13/h2-5,10-15,17-18H,6H2,1H3/t10-,11-,12+,13-/m1/s1. The summed E-state index contributed by atoms with van der Waals surface area (Å²) in [5.74, 6) is -0.0283. The summed E-state index contributed by atoms with van der Waals surface area (Å²) in [5.41, 5.74) is 1.24. The zero-order valence-electron chi connectivity index (χ0n) is 10.5. The molecule has 0 aliphatic carbocycles. The van der Waals surface area contributed by atoms with Crippen LogP contribution in [-0.4, -0.2) is 52.2 Å². The van der Waals surface area contributed by atoms with Crippen LogP contribution in [0.15, 0.2) is 24.3 Å². The summed E-state index contributed by atoms with van der Waals surface area (Å²) >= 11 is 0. The molecule has 1 aliphatic heterocycles. The van der Waals surface area contributed by atoms with Gasteiger partial charge in [-0.05, 0) is 31.2 Å². The van der Waals surface area contributed by atoms with Gasteiger partial charge in [-0.25, -0.2) is 0 Å². The molecule has 1 fully saturated rings. The molecule has 1 aromatic rings. The molecule has 0 bridgehead atoms. The van der Waals surface area contributed by atoms with E-state index in [4.69, 9.17) is 9.84 Å². The van der Waals surface area contributed by atoms with Crippen molar-refractivity contribution in [2.45, 2.75) is 31.5 Å². The average molecular weight is 267 g/mol. The Kier molecular flexibility index (Phi) is 4.16. The molecule has 6 nitrogen and oxygen atoms in total. The van der Waals surface area contributed by atoms with Crippen molar-refractivity contribution in [3.05, 3.63) is 29.8 Å². The van der Waals surface area contributed by atoms with Crippen LogP contribution >= 0.6 is 0 Å². The first-order chi connectivity index (χ1) is 9.02. The molecular formula is C13H17NO5. The van der Waals surface area contributed by atoms with Gasteiger partial charge in [0.1, 0.15) is 18.3 Å². The monoisotopic (exact) mass is 267 g/mol. The van der Waals surface area contributed by atoms with Crippen LogP contribution in [0, 0.1) is 0 Å². The van der Waals surface area contributed by atoms with Gasteiger partial charge in [0, 0.05) is 11.3 Å². The van der Waals surface area contributed by atoms with Crippen LogP contribution in [0.25, 0.3) is 0 Å². The topological polar surface area (TPSA) is 99.0 Å².